The summed E-state index contributed by atoms with van der Waals surface area (Å²) >= 11 is 9.65. The lowest BCUT2D eigenvalue weighted by Crippen LogP contribution is -2.14. The van der Waals surface area contributed by atoms with Gasteiger partial charge in [0, 0.05) is 28.2 Å². The number of rotatable bonds is 6. The van der Waals surface area contributed by atoms with Crippen LogP contribution in [0, 0.1) is 5.82 Å². The van der Waals surface area contributed by atoms with Crippen LogP contribution in [0.3, 0.4) is 0 Å². The summed E-state index contributed by atoms with van der Waals surface area (Å²) in [6, 6.07) is 15.0. The normalized spacial score (nSPS) is 11.1. The van der Waals surface area contributed by atoms with Gasteiger partial charge in [-0.2, -0.15) is 0 Å². The van der Waals surface area contributed by atoms with E-state index in [1.807, 2.05) is 12.1 Å². The van der Waals surface area contributed by atoms with E-state index in [1.165, 1.54) is 12.1 Å². The van der Waals surface area contributed by atoms with Crippen molar-refractivity contribution in [1.82, 2.24) is 9.55 Å². The van der Waals surface area contributed by atoms with E-state index in [-0.39, 0.29) is 24.0 Å². The molecule has 0 saturated carbocycles. The summed E-state index contributed by atoms with van der Waals surface area (Å²) in [6.45, 7) is 0.322. The van der Waals surface area contributed by atoms with E-state index in [0.29, 0.717) is 29.2 Å². The highest BCUT2D eigenvalue weighted by atomic mass is 79.9. The zero-order valence-corrected chi connectivity index (χ0v) is 18.6. The summed E-state index contributed by atoms with van der Waals surface area (Å²) < 4.78 is 15.8. The third-order valence-corrected chi connectivity index (χ3v) is 5.75. The lowest BCUT2D eigenvalue weighted by atomic mass is 10.1. The summed E-state index contributed by atoms with van der Waals surface area (Å²) in [5, 5.41) is 15.4. The number of amides is 1. The van der Waals surface area contributed by atoms with Gasteiger partial charge in [-0.15, -0.1) is 0 Å². The molecule has 0 aliphatic carbocycles. The average Bonchev–Trinajstić information content (AvgIpc) is 3.02. The first-order valence-corrected chi connectivity index (χ1v) is 10.7. The van der Waals surface area contributed by atoms with Crippen LogP contribution in [0.5, 0.6) is 5.88 Å². The molecule has 0 fully saturated rings. The highest BCUT2D eigenvalue weighted by Gasteiger charge is 2.19. The van der Waals surface area contributed by atoms with E-state index >= 15 is 0 Å². The largest absolute Gasteiger partial charge is 0.494 e. The Balaban J connectivity index is 1.62. The number of fused-ring (bicyclic) bond motifs is 1. The van der Waals surface area contributed by atoms with E-state index in [2.05, 4.69) is 26.2 Å². The Labute approximate surface area is 191 Å². The molecule has 0 saturated heterocycles. The molecule has 0 atom stereocenters. The van der Waals surface area contributed by atoms with E-state index in [4.69, 9.17) is 11.6 Å². The Bertz CT molecular complexity index is 1240. The van der Waals surface area contributed by atoms with Gasteiger partial charge in [-0.05, 0) is 58.2 Å². The number of carbonyl (C=O) groups is 1. The predicted octanol–water partition coefficient (Wildman–Crippen LogP) is 5.92. The molecule has 2 aromatic heterocycles. The Morgan fingerprint density at radius 3 is 2.65 bits per heavy atom. The smallest absolute Gasteiger partial charge is 0.225 e. The Hall–Kier alpha value is -2.90. The molecule has 0 spiro atoms. The Morgan fingerprint density at radius 2 is 1.94 bits per heavy atom. The van der Waals surface area contributed by atoms with Gasteiger partial charge in [0.25, 0.3) is 0 Å². The average molecular weight is 503 g/mol. The number of nitrogens with zero attached hydrogens (tertiary/aromatic N) is 2. The molecule has 158 valence electrons. The minimum absolute atomic E-state index is 0.0231. The second kappa shape index (κ2) is 9.08. The number of halogens is 3. The minimum Gasteiger partial charge on any atom is -0.494 e. The molecule has 1 amide bonds. The second-order valence-electron chi connectivity index (χ2n) is 7.06. The Kier molecular flexibility index (Phi) is 6.25. The molecule has 0 aliphatic rings. The summed E-state index contributed by atoms with van der Waals surface area (Å²) in [6.07, 6.45) is 2.17. The lowest BCUT2D eigenvalue weighted by molar-refractivity contribution is -0.116. The van der Waals surface area contributed by atoms with Gasteiger partial charge < -0.3 is 15.0 Å². The van der Waals surface area contributed by atoms with Crippen LogP contribution >= 0.6 is 27.5 Å². The number of pyridine rings is 1. The van der Waals surface area contributed by atoms with E-state index in [0.717, 1.165) is 21.1 Å². The van der Waals surface area contributed by atoms with Crippen molar-refractivity contribution >= 4 is 50.0 Å². The molecule has 5 nitrogen and oxygen atoms in total. The quantitative estimate of drug-likeness (QED) is 0.344. The third kappa shape index (κ3) is 4.73. The first kappa shape index (κ1) is 21.3. The van der Waals surface area contributed by atoms with Crippen molar-refractivity contribution in [3.63, 3.8) is 0 Å². The maximum Gasteiger partial charge on any atom is 0.225 e. The van der Waals surface area contributed by atoms with Gasteiger partial charge >= 0.3 is 0 Å². The molecule has 2 heterocycles. The van der Waals surface area contributed by atoms with Crippen molar-refractivity contribution in [3.05, 3.63) is 87.4 Å². The number of aryl methyl sites for hydroxylation is 1. The highest BCUT2D eigenvalue weighted by Crippen LogP contribution is 2.37. The van der Waals surface area contributed by atoms with Gasteiger partial charge in [0.15, 0.2) is 0 Å². The highest BCUT2D eigenvalue weighted by molar-refractivity contribution is 9.10. The fourth-order valence-corrected chi connectivity index (χ4v) is 3.99. The van der Waals surface area contributed by atoms with Gasteiger partial charge in [0.2, 0.25) is 11.8 Å². The number of benzene rings is 2. The van der Waals surface area contributed by atoms with Crippen LogP contribution in [0.1, 0.15) is 17.7 Å². The SMILES string of the molecule is O=C(CCc1c2cccc(Cl)c2c(O)n1Cc1ccc(F)cc1)Nc1ccc(Br)cn1. The van der Waals surface area contributed by atoms with Crippen LogP contribution in [0.15, 0.2) is 65.3 Å². The zero-order chi connectivity index (χ0) is 22.0. The molecule has 2 N–H and O–H groups in total. The molecule has 0 radical (unpaired) electrons. The van der Waals surface area contributed by atoms with E-state index < -0.39 is 0 Å². The summed E-state index contributed by atoms with van der Waals surface area (Å²) in [7, 11) is 0. The van der Waals surface area contributed by atoms with Crippen LogP contribution in [-0.2, 0) is 17.8 Å². The standard InChI is InChI=1S/C23H18BrClFN3O2/c24-15-6-10-20(27-12-15)28-21(30)11-9-19-17-2-1-3-18(25)22(17)23(31)29(19)13-14-4-7-16(26)8-5-14/h1-8,10,12,31H,9,11,13H2,(H,27,28,30). The van der Waals surface area contributed by atoms with Crippen LogP contribution in [0.4, 0.5) is 10.2 Å². The molecule has 0 bridgehead atoms. The topological polar surface area (TPSA) is 67.2 Å². The van der Waals surface area contributed by atoms with Crippen molar-refractivity contribution in [2.45, 2.75) is 19.4 Å². The number of hydrogen-bond acceptors (Lipinski definition) is 3. The predicted molar refractivity (Wildman–Crippen MR) is 123 cm³/mol. The molecule has 0 unspecified atom stereocenters. The van der Waals surface area contributed by atoms with Gasteiger partial charge in [-0.25, -0.2) is 9.37 Å². The molecule has 4 aromatic rings. The van der Waals surface area contributed by atoms with Crippen molar-refractivity contribution < 1.29 is 14.3 Å². The van der Waals surface area contributed by atoms with Crippen LogP contribution in [-0.4, -0.2) is 20.6 Å². The molecular formula is C23H18BrClFN3O2. The maximum atomic E-state index is 13.3. The Morgan fingerprint density at radius 1 is 1.16 bits per heavy atom. The summed E-state index contributed by atoms with van der Waals surface area (Å²) in [5.74, 6) is -0.0355. The van der Waals surface area contributed by atoms with Crippen molar-refractivity contribution in [2.75, 3.05) is 5.32 Å². The van der Waals surface area contributed by atoms with Crippen molar-refractivity contribution in [3.8, 4) is 5.88 Å². The van der Waals surface area contributed by atoms with E-state index in [1.54, 1.807) is 41.1 Å². The van der Waals surface area contributed by atoms with Gasteiger partial charge in [-0.3, -0.25) is 4.79 Å². The molecule has 0 aliphatic heterocycles. The fourth-order valence-electron chi connectivity index (χ4n) is 3.50. The monoisotopic (exact) mass is 501 g/mol. The number of nitrogens with one attached hydrogen (secondary N) is 1. The molecular weight excluding hydrogens is 485 g/mol. The fraction of sp³-hybridized carbons (Fsp3) is 0.130. The van der Waals surface area contributed by atoms with Crippen LogP contribution < -0.4 is 5.32 Å². The zero-order valence-electron chi connectivity index (χ0n) is 16.3. The van der Waals surface area contributed by atoms with Gasteiger partial charge in [0.1, 0.15) is 11.6 Å². The maximum absolute atomic E-state index is 13.3. The molecule has 4 rings (SSSR count). The first-order valence-electron chi connectivity index (χ1n) is 9.57. The summed E-state index contributed by atoms with van der Waals surface area (Å²) in [5.41, 5.74) is 1.59. The van der Waals surface area contributed by atoms with Crippen LogP contribution in [0.25, 0.3) is 10.8 Å². The van der Waals surface area contributed by atoms with E-state index in [9.17, 15) is 14.3 Å². The number of aromatic hydroxyl groups is 1. The van der Waals surface area contributed by atoms with Gasteiger partial charge in [0.05, 0.1) is 17.0 Å². The van der Waals surface area contributed by atoms with Crippen LogP contribution in [0.2, 0.25) is 5.02 Å². The molecule has 8 heteroatoms. The molecule has 2 aromatic carbocycles. The first-order chi connectivity index (χ1) is 14.9. The third-order valence-electron chi connectivity index (χ3n) is 4.97. The van der Waals surface area contributed by atoms with Crippen molar-refractivity contribution in [2.24, 2.45) is 0 Å². The number of hydrogen-bond donors (Lipinski definition) is 2. The molecule has 31 heavy (non-hydrogen) atoms. The summed E-state index contributed by atoms with van der Waals surface area (Å²) in [4.78, 5) is 16.6. The minimum atomic E-state index is -0.327. The number of aromatic nitrogens is 2. The second-order valence-corrected chi connectivity index (χ2v) is 8.38. The number of carbonyl (C=O) groups excluding carboxylic acids is 1. The number of anilines is 1. The van der Waals surface area contributed by atoms with Crippen molar-refractivity contribution in [1.29, 1.82) is 0 Å². The van der Waals surface area contributed by atoms with Gasteiger partial charge in [-0.1, -0.05) is 35.9 Å². The lowest BCUT2D eigenvalue weighted by Gasteiger charge is -2.11.